The Labute approximate surface area is 739 Å². The maximum atomic E-state index is 13.1. The predicted molar refractivity (Wildman–Crippen MR) is 509 cm³/mol. The third kappa shape index (κ3) is 95.4. The predicted octanol–water partition coefficient (Wildman–Crippen LogP) is 30.2. The number of allylic oxidation sites excluding steroid dienone is 28. The highest BCUT2D eigenvalue weighted by atomic mass is 31.2. The van der Waals surface area contributed by atoms with Gasteiger partial charge in [-0.25, -0.2) is 9.13 Å². The highest BCUT2D eigenvalue weighted by molar-refractivity contribution is 7.47. The topological polar surface area (TPSA) is 231 Å². The Morgan fingerprint density at radius 2 is 0.438 bits per heavy atom. The Bertz CT molecular complexity index is 2880. The molecule has 5 unspecified atom stereocenters. The summed E-state index contributed by atoms with van der Waals surface area (Å²) in [6, 6.07) is 0. The third-order valence-electron chi connectivity index (χ3n) is 20.4. The summed E-state index contributed by atoms with van der Waals surface area (Å²) in [4.78, 5) is 59.1. The first-order valence-corrected chi connectivity index (χ1v) is 51.4. The monoisotopic (exact) mass is 1730 g/mol. The summed E-state index contributed by atoms with van der Waals surface area (Å²) in [6.07, 6.45) is 123. The van der Waals surface area contributed by atoms with Crippen LogP contribution in [-0.2, 0) is 55.8 Å². The van der Waals surface area contributed by atoms with Crippen molar-refractivity contribution < 1.29 is 75.8 Å². The minimum Gasteiger partial charge on any atom is -0.463 e. The molecule has 0 aromatic rings. The van der Waals surface area contributed by atoms with Crippen LogP contribution in [0.1, 0.15) is 406 Å². The van der Waals surface area contributed by atoms with Crippen molar-refractivity contribution in [3.05, 3.63) is 170 Å². The average Bonchev–Trinajstić information content (AvgIpc) is 0.877. The van der Waals surface area contributed by atoms with Crippen LogP contribution in [0.25, 0.3) is 0 Å². The van der Waals surface area contributed by atoms with Gasteiger partial charge in [-0.3, -0.25) is 32.5 Å². The fourth-order valence-electron chi connectivity index (χ4n) is 13.1. The Morgan fingerprint density at radius 1 is 0.240 bits per heavy atom. The van der Waals surface area contributed by atoms with Crippen molar-refractivity contribution in [1.29, 1.82) is 0 Å². The van der Waals surface area contributed by atoms with E-state index in [9.17, 15) is 43.5 Å². The molecule has 0 aliphatic heterocycles. The molecular weight excluding hydrogens is 1560 g/mol. The molecule has 0 saturated carbocycles. The standard InChI is InChI=1S/C103H176O16P2/c1-4-7-10-13-16-19-22-25-28-31-34-37-40-42-44-46-47-48-49-51-53-54-57-59-62-65-68-71-74-77-80-83-86-89-101(106)113-92-98(104)93-115-120(109,110)116-94-99(105)95-117-121(111,112)118-97-100(119-103(108)91-88-85-82-79-76-73-70-67-64-61-56-39-36-33-30-27-24-21-18-15-12-9-6-3)96-114-102(107)90-87-84-81-78-75-72-69-66-63-60-58-55-52-50-45-43-41-38-35-32-29-26-23-20-17-14-11-8-5-2/h9,12,16-21,25-30,34-39,42-45,61,64,70,73,98-100,104-105H,4-8,10-11,13-15,22-24,31-33,40-41,46-60,62-63,65-69,71-72,74-97H2,1-3H3,(H,109,110)(H,111,112)/b12-9-,19-16-,20-17-,21-18-,28-25-,29-26-,30-27-,37-34-,38-35-,39-36-,44-42-,45-43-,64-61-,73-70-. The van der Waals surface area contributed by atoms with Crippen molar-refractivity contribution in [1.82, 2.24) is 0 Å². The first kappa shape index (κ1) is 116. The zero-order valence-electron chi connectivity index (χ0n) is 76.6. The molecule has 0 radical (unpaired) electrons. The highest BCUT2D eigenvalue weighted by Gasteiger charge is 2.30. The lowest BCUT2D eigenvalue weighted by Crippen LogP contribution is -2.30. The van der Waals surface area contributed by atoms with Gasteiger partial charge < -0.3 is 34.2 Å². The molecule has 0 aliphatic rings. The van der Waals surface area contributed by atoms with Gasteiger partial charge in [0, 0.05) is 19.3 Å². The molecular formula is C103H176O16P2. The molecule has 121 heavy (non-hydrogen) atoms. The molecule has 0 saturated heterocycles. The molecule has 0 aromatic carbocycles. The Kier molecular flexibility index (Phi) is 90.1. The molecule has 5 atom stereocenters. The van der Waals surface area contributed by atoms with Crippen LogP contribution in [0.3, 0.4) is 0 Å². The van der Waals surface area contributed by atoms with Crippen LogP contribution in [0, 0.1) is 0 Å². The Morgan fingerprint density at radius 3 is 0.694 bits per heavy atom. The van der Waals surface area contributed by atoms with Crippen molar-refractivity contribution in [2.75, 3.05) is 39.6 Å². The first-order chi connectivity index (χ1) is 59.2. The number of carbonyl (C=O) groups excluding carboxylic acids is 3. The molecule has 0 amide bonds. The van der Waals surface area contributed by atoms with Gasteiger partial charge in [0.15, 0.2) is 6.10 Å². The molecule has 18 heteroatoms. The molecule has 0 rings (SSSR count). The largest absolute Gasteiger partial charge is 0.472 e. The SMILES string of the molecule is CC/C=C\C/C=C\C/C=C\C/C=C\C/C=C\C/C=C\CCCCCCC(=O)OC(COC(=O)CCCCCCCCCCCCCCC/C=C\C/C=C\C/C=C\C/C=C\CCCCC)COP(=O)(O)OCC(O)COP(=O)(O)OCC(O)COC(=O)CCCCCCCCCCCCCCCCCCC/C=C\C/C=C\C/C=C\C/C=C\CCCCC. The molecule has 0 spiro atoms. The quantitative estimate of drug-likeness (QED) is 0.0146. The third-order valence-corrected chi connectivity index (χ3v) is 22.3. The first-order valence-electron chi connectivity index (χ1n) is 48.4. The van der Waals surface area contributed by atoms with Crippen molar-refractivity contribution >= 4 is 33.6 Å². The van der Waals surface area contributed by atoms with Crippen molar-refractivity contribution in [3.63, 3.8) is 0 Å². The fraction of sp³-hybridized carbons (Fsp3) is 0.699. The minimum atomic E-state index is -4.95. The molecule has 0 aromatic heterocycles. The number of unbranched alkanes of at least 4 members (excludes halogenated alkanes) is 40. The van der Waals surface area contributed by atoms with Gasteiger partial charge in [0.25, 0.3) is 0 Å². The number of phosphoric acid groups is 2. The van der Waals surface area contributed by atoms with Gasteiger partial charge in [0.2, 0.25) is 0 Å². The van der Waals surface area contributed by atoms with Gasteiger partial charge in [-0.2, -0.15) is 0 Å². The lowest BCUT2D eigenvalue weighted by atomic mass is 10.0. The van der Waals surface area contributed by atoms with Crippen LogP contribution in [0.4, 0.5) is 0 Å². The van der Waals surface area contributed by atoms with Gasteiger partial charge in [-0.15, -0.1) is 0 Å². The molecule has 0 heterocycles. The number of rotatable bonds is 91. The van der Waals surface area contributed by atoms with E-state index in [1.165, 1.54) is 193 Å². The number of aliphatic hydroxyl groups excluding tert-OH is 2. The normalized spacial score (nSPS) is 14.5. The highest BCUT2D eigenvalue weighted by Crippen LogP contribution is 2.45. The second-order valence-electron chi connectivity index (χ2n) is 32.1. The molecule has 16 nitrogen and oxygen atoms in total. The molecule has 694 valence electrons. The van der Waals surface area contributed by atoms with E-state index < -0.39 is 91.5 Å². The summed E-state index contributed by atoms with van der Waals surface area (Å²) >= 11 is 0. The van der Waals surface area contributed by atoms with Crippen LogP contribution in [0.15, 0.2) is 170 Å². The van der Waals surface area contributed by atoms with Crippen LogP contribution in [-0.4, -0.2) is 95.9 Å². The van der Waals surface area contributed by atoms with Gasteiger partial charge in [-0.05, 0) is 161 Å². The van der Waals surface area contributed by atoms with Crippen LogP contribution in [0.2, 0.25) is 0 Å². The smallest absolute Gasteiger partial charge is 0.463 e. The average molecular weight is 1730 g/mol. The number of aliphatic hydroxyl groups is 2. The summed E-state index contributed by atoms with van der Waals surface area (Å²) in [6.45, 7) is 2.53. The van der Waals surface area contributed by atoms with E-state index >= 15 is 0 Å². The maximum absolute atomic E-state index is 13.1. The number of hydrogen-bond acceptors (Lipinski definition) is 14. The van der Waals surface area contributed by atoms with Crippen LogP contribution in [0.5, 0.6) is 0 Å². The lowest BCUT2D eigenvalue weighted by molar-refractivity contribution is -0.161. The van der Waals surface area contributed by atoms with Gasteiger partial charge in [-0.1, -0.05) is 396 Å². The van der Waals surface area contributed by atoms with Gasteiger partial charge in [0.05, 0.1) is 26.4 Å². The molecule has 0 bridgehead atoms. The van der Waals surface area contributed by atoms with Crippen molar-refractivity contribution in [2.24, 2.45) is 0 Å². The Balaban J connectivity index is 4.60. The molecule has 0 fully saturated rings. The second kappa shape index (κ2) is 94.1. The van der Waals surface area contributed by atoms with Crippen LogP contribution < -0.4 is 0 Å². The van der Waals surface area contributed by atoms with E-state index in [1.807, 2.05) is 0 Å². The van der Waals surface area contributed by atoms with E-state index in [1.54, 1.807) is 0 Å². The summed E-state index contributed by atoms with van der Waals surface area (Å²) in [5.74, 6) is -1.60. The molecule has 4 N–H and O–H groups in total. The number of hydrogen-bond donors (Lipinski definition) is 4. The van der Waals surface area contributed by atoms with Gasteiger partial charge >= 0.3 is 33.6 Å². The van der Waals surface area contributed by atoms with Crippen molar-refractivity contribution in [2.45, 2.75) is 424 Å². The zero-order chi connectivity index (χ0) is 87.9. The number of carbonyl (C=O) groups is 3. The van der Waals surface area contributed by atoms with Crippen molar-refractivity contribution in [3.8, 4) is 0 Å². The maximum Gasteiger partial charge on any atom is 0.472 e. The summed E-state index contributed by atoms with van der Waals surface area (Å²) in [5, 5.41) is 20.8. The van der Waals surface area contributed by atoms with E-state index in [2.05, 4.69) is 191 Å². The molecule has 0 aliphatic carbocycles. The summed E-state index contributed by atoms with van der Waals surface area (Å²) in [7, 11) is -9.83. The van der Waals surface area contributed by atoms with Crippen LogP contribution >= 0.6 is 15.6 Å². The number of phosphoric ester groups is 2. The summed E-state index contributed by atoms with van der Waals surface area (Å²) in [5.41, 5.74) is 0. The minimum absolute atomic E-state index is 0.0701. The van der Waals surface area contributed by atoms with E-state index in [-0.39, 0.29) is 19.3 Å². The second-order valence-corrected chi connectivity index (χ2v) is 35.0. The summed E-state index contributed by atoms with van der Waals surface area (Å²) < 4.78 is 61.5. The zero-order valence-corrected chi connectivity index (χ0v) is 78.4. The lowest BCUT2D eigenvalue weighted by Gasteiger charge is -2.21. The fourth-order valence-corrected chi connectivity index (χ4v) is 14.7. The Hall–Kier alpha value is -5.09. The van der Waals surface area contributed by atoms with E-state index in [0.29, 0.717) is 19.3 Å². The number of esters is 3. The van der Waals surface area contributed by atoms with E-state index in [0.717, 1.165) is 154 Å². The van der Waals surface area contributed by atoms with Gasteiger partial charge in [0.1, 0.15) is 25.4 Å². The van der Waals surface area contributed by atoms with E-state index in [4.69, 9.17) is 32.3 Å². The number of ether oxygens (including phenoxy) is 3.